The molecule has 0 atom stereocenters. The number of nitriles is 1. The number of H-pyrrole nitrogens is 1. The highest BCUT2D eigenvalue weighted by atomic mass is 16.5. The number of anilines is 2. The largest absolute Gasteiger partial charge is 0.500 e. The molecule has 0 aliphatic heterocycles. The van der Waals surface area contributed by atoms with Gasteiger partial charge in [-0.05, 0) is 25.5 Å². The molecule has 0 unspecified atom stereocenters. The zero-order valence-electron chi connectivity index (χ0n) is 15.0. The molecule has 0 spiro atoms. The molecule has 0 fully saturated rings. The van der Waals surface area contributed by atoms with E-state index in [1.54, 1.807) is 7.11 Å². The quantitative estimate of drug-likeness (QED) is 0.604. The number of methoxy groups -OCH3 is 1. The minimum atomic E-state index is 0.254. The number of hydrogen-bond donors (Lipinski definition) is 3. The summed E-state index contributed by atoms with van der Waals surface area (Å²) in [5, 5.41) is 19.1. The molecule has 2 heterocycles. The van der Waals surface area contributed by atoms with E-state index in [1.165, 1.54) is 12.4 Å². The number of hydrogen-bond acceptors (Lipinski definition) is 8. The zero-order chi connectivity index (χ0) is 19.1. The highest BCUT2D eigenvalue weighted by Gasteiger charge is 2.22. The third-order valence-electron chi connectivity index (χ3n) is 3.95. The summed E-state index contributed by atoms with van der Waals surface area (Å²) in [4.78, 5) is 8.10. The number of allylic oxidation sites excluding steroid dienone is 3. The van der Waals surface area contributed by atoms with Crippen LogP contribution in [0.4, 0.5) is 11.6 Å². The Balaban J connectivity index is 1.80. The molecule has 0 saturated carbocycles. The van der Waals surface area contributed by atoms with Gasteiger partial charge < -0.3 is 20.5 Å². The molecule has 27 heavy (non-hydrogen) atoms. The molecular weight excluding hydrogens is 346 g/mol. The van der Waals surface area contributed by atoms with Crippen LogP contribution in [-0.4, -0.2) is 40.4 Å². The molecule has 1 aliphatic carbocycles. The van der Waals surface area contributed by atoms with Crippen molar-refractivity contribution >= 4 is 17.2 Å². The van der Waals surface area contributed by atoms with Crippen LogP contribution in [0.25, 0.3) is 5.57 Å². The third-order valence-corrected chi connectivity index (χ3v) is 3.95. The summed E-state index contributed by atoms with van der Waals surface area (Å²) in [5.74, 6) is 2.67. The molecule has 3 rings (SSSR count). The molecule has 0 saturated heterocycles. The maximum atomic E-state index is 8.78. The van der Waals surface area contributed by atoms with Crippen LogP contribution in [0, 0.1) is 11.3 Å². The Kier molecular flexibility index (Phi) is 6.02. The lowest BCUT2D eigenvalue weighted by Gasteiger charge is -2.20. The van der Waals surface area contributed by atoms with Gasteiger partial charge in [0, 0.05) is 12.5 Å². The Labute approximate surface area is 156 Å². The number of rotatable bonds is 8. The summed E-state index contributed by atoms with van der Waals surface area (Å²) in [6.45, 7) is 1.12. The first-order chi connectivity index (χ1) is 13.2. The highest BCUT2D eigenvalue weighted by molar-refractivity contribution is 5.79. The van der Waals surface area contributed by atoms with Crippen molar-refractivity contribution < 1.29 is 9.47 Å². The van der Waals surface area contributed by atoms with E-state index in [1.807, 2.05) is 12.1 Å². The summed E-state index contributed by atoms with van der Waals surface area (Å²) in [6, 6.07) is 3.78. The van der Waals surface area contributed by atoms with Crippen LogP contribution in [0.15, 0.2) is 36.1 Å². The lowest BCUT2D eigenvalue weighted by molar-refractivity contribution is 0.215. The molecule has 2 aromatic rings. The fourth-order valence-corrected chi connectivity index (χ4v) is 2.68. The Morgan fingerprint density at radius 2 is 2.22 bits per heavy atom. The maximum Gasteiger partial charge on any atom is 0.158 e. The van der Waals surface area contributed by atoms with Crippen molar-refractivity contribution in [2.75, 3.05) is 25.6 Å². The van der Waals surface area contributed by atoms with Crippen LogP contribution in [0.5, 0.6) is 0 Å². The molecule has 0 amide bonds. The Hall–Kier alpha value is -3.38. The second-order valence-corrected chi connectivity index (χ2v) is 5.79. The van der Waals surface area contributed by atoms with Gasteiger partial charge in [0.2, 0.25) is 0 Å². The predicted molar refractivity (Wildman–Crippen MR) is 99.5 cm³/mol. The number of nitrogens with two attached hydrogens (primary N) is 1. The van der Waals surface area contributed by atoms with Crippen molar-refractivity contribution in [3.8, 4) is 6.07 Å². The van der Waals surface area contributed by atoms with Gasteiger partial charge in [-0.15, -0.1) is 0 Å². The second-order valence-electron chi connectivity index (χ2n) is 5.79. The smallest absolute Gasteiger partial charge is 0.158 e. The molecular formula is C18H21N7O2. The second kappa shape index (κ2) is 8.82. The van der Waals surface area contributed by atoms with Gasteiger partial charge in [0.25, 0.3) is 0 Å². The zero-order valence-corrected chi connectivity index (χ0v) is 15.0. The van der Waals surface area contributed by atoms with Gasteiger partial charge in [-0.1, -0.05) is 0 Å². The average molecular weight is 367 g/mol. The number of nitrogens with zero attached hydrogens (tertiary/aromatic N) is 4. The molecule has 0 aromatic carbocycles. The summed E-state index contributed by atoms with van der Waals surface area (Å²) in [5.41, 5.74) is 7.43. The van der Waals surface area contributed by atoms with Gasteiger partial charge in [0.05, 0.1) is 37.4 Å². The van der Waals surface area contributed by atoms with Crippen molar-refractivity contribution in [3.63, 3.8) is 0 Å². The minimum absolute atomic E-state index is 0.254. The van der Waals surface area contributed by atoms with E-state index in [2.05, 4.69) is 31.6 Å². The topological polar surface area (TPSA) is 135 Å². The van der Waals surface area contributed by atoms with E-state index < -0.39 is 0 Å². The molecule has 2 aromatic heterocycles. The molecule has 140 valence electrons. The minimum Gasteiger partial charge on any atom is -0.500 e. The standard InChI is InChI=1S/C18H21N7O2/c1-26-14-4-2-5-15(27-7-3-6-19)18(14)13-8-16(25-24-13)23-17-11-21-12(9-20)10-22-17/h5,8,10-11H,2-4,6-7,19H2,1H3,(H2,22,23,24,25). The lowest BCUT2D eigenvalue weighted by Crippen LogP contribution is -2.09. The van der Waals surface area contributed by atoms with E-state index >= 15 is 0 Å². The highest BCUT2D eigenvalue weighted by Crippen LogP contribution is 2.34. The van der Waals surface area contributed by atoms with Crippen molar-refractivity contribution in [2.45, 2.75) is 19.3 Å². The van der Waals surface area contributed by atoms with Crippen LogP contribution < -0.4 is 11.1 Å². The van der Waals surface area contributed by atoms with Crippen LogP contribution in [-0.2, 0) is 9.47 Å². The van der Waals surface area contributed by atoms with Gasteiger partial charge in [-0.25, -0.2) is 9.97 Å². The average Bonchev–Trinajstić information content (AvgIpc) is 3.16. The summed E-state index contributed by atoms with van der Waals surface area (Å²) < 4.78 is 11.5. The van der Waals surface area contributed by atoms with Crippen molar-refractivity contribution in [1.82, 2.24) is 20.2 Å². The van der Waals surface area contributed by atoms with Crippen molar-refractivity contribution in [3.05, 3.63) is 47.4 Å². The third kappa shape index (κ3) is 4.43. The van der Waals surface area contributed by atoms with Crippen molar-refractivity contribution in [1.29, 1.82) is 5.26 Å². The SMILES string of the molecule is COC1=C(c2cc(Nc3cnc(C#N)cn3)n[nH]2)C(OCCCN)=CCC1. The Bertz CT molecular complexity index is 878. The number of aromatic amines is 1. The summed E-state index contributed by atoms with van der Waals surface area (Å²) in [7, 11) is 1.65. The van der Waals surface area contributed by atoms with Gasteiger partial charge >= 0.3 is 0 Å². The molecule has 1 aliphatic rings. The molecule has 4 N–H and O–H groups in total. The molecule has 9 heteroatoms. The number of aromatic nitrogens is 4. The normalized spacial score (nSPS) is 13.7. The van der Waals surface area contributed by atoms with E-state index in [-0.39, 0.29) is 5.69 Å². The van der Waals surface area contributed by atoms with Crippen LogP contribution >= 0.6 is 0 Å². The van der Waals surface area contributed by atoms with Crippen LogP contribution in [0.2, 0.25) is 0 Å². The maximum absolute atomic E-state index is 8.78. The fourth-order valence-electron chi connectivity index (χ4n) is 2.68. The van der Waals surface area contributed by atoms with E-state index in [9.17, 15) is 0 Å². The van der Waals surface area contributed by atoms with Crippen LogP contribution in [0.3, 0.4) is 0 Å². The van der Waals surface area contributed by atoms with Gasteiger partial charge in [-0.2, -0.15) is 10.4 Å². The first-order valence-corrected chi connectivity index (χ1v) is 8.60. The number of nitrogens with one attached hydrogen (secondary N) is 2. The first kappa shape index (κ1) is 18.4. The van der Waals surface area contributed by atoms with Gasteiger partial charge in [0.1, 0.15) is 23.4 Å². The lowest BCUT2D eigenvalue weighted by atomic mass is 10.00. The molecule has 9 nitrogen and oxygen atoms in total. The number of ether oxygens (including phenoxy) is 2. The first-order valence-electron chi connectivity index (χ1n) is 8.60. The van der Waals surface area contributed by atoms with Crippen LogP contribution in [0.1, 0.15) is 30.7 Å². The predicted octanol–water partition coefficient (Wildman–Crippen LogP) is 2.22. The molecule has 0 bridgehead atoms. The monoisotopic (exact) mass is 367 g/mol. The van der Waals surface area contributed by atoms with Gasteiger partial charge in [-0.3, -0.25) is 5.10 Å². The molecule has 0 radical (unpaired) electrons. The van der Waals surface area contributed by atoms with E-state index in [0.717, 1.165) is 42.0 Å². The fraction of sp³-hybridized carbons (Fsp3) is 0.333. The Morgan fingerprint density at radius 1 is 1.33 bits per heavy atom. The summed E-state index contributed by atoms with van der Waals surface area (Å²) >= 11 is 0. The van der Waals surface area contributed by atoms with Crippen molar-refractivity contribution in [2.24, 2.45) is 5.73 Å². The summed E-state index contributed by atoms with van der Waals surface area (Å²) in [6.07, 6.45) is 7.35. The van der Waals surface area contributed by atoms with Gasteiger partial charge in [0.15, 0.2) is 11.5 Å². The Morgan fingerprint density at radius 3 is 2.93 bits per heavy atom. The van der Waals surface area contributed by atoms with E-state index in [4.69, 9.17) is 20.5 Å². The van der Waals surface area contributed by atoms with E-state index in [0.29, 0.717) is 24.8 Å².